The van der Waals surface area contributed by atoms with Crippen LogP contribution in [-0.2, 0) is 24.5 Å². The van der Waals surface area contributed by atoms with Crippen molar-refractivity contribution in [3.8, 4) is 0 Å². The molecule has 2 aliphatic rings. The topological polar surface area (TPSA) is 100 Å². The average molecular weight is 452 g/mol. The molecule has 1 amide bonds. The van der Waals surface area contributed by atoms with Gasteiger partial charge in [0.05, 0.1) is 29.9 Å². The third-order valence-corrected chi connectivity index (χ3v) is 7.24. The van der Waals surface area contributed by atoms with E-state index in [1.165, 1.54) is 5.56 Å². The zero-order valence-corrected chi connectivity index (χ0v) is 19.6. The molecule has 0 unspecified atom stereocenters. The second kappa shape index (κ2) is 8.46. The van der Waals surface area contributed by atoms with E-state index in [1.54, 1.807) is 10.9 Å². The molecule has 1 saturated heterocycles. The molecule has 9 nitrogen and oxygen atoms in total. The van der Waals surface area contributed by atoms with E-state index >= 15 is 0 Å². The van der Waals surface area contributed by atoms with Gasteiger partial charge in [0, 0.05) is 50.4 Å². The summed E-state index contributed by atoms with van der Waals surface area (Å²) in [5.74, 6) is 0.727. The number of carbonyl (C=O) groups excluding carboxylic acids is 1. The number of fused-ring (bicyclic) bond motifs is 1. The molecule has 0 spiro atoms. The summed E-state index contributed by atoms with van der Waals surface area (Å²) in [5.41, 5.74) is 2.36. The van der Waals surface area contributed by atoms with Crippen LogP contribution in [0.4, 0.5) is 5.82 Å². The van der Waals surface area contributed by atoms with Crippen molar-refractivity contribution in [1.82, 2.24) is 29.8 Å². The molecule has 3 N–H and O–H groups in total. The number of carbonyl (C=O) groups is 1. The summed E-state index contributed by atoms with van der Waals surface area (Å²) in [6, 6.07) is 6.85. The number of aromatic nitrogens is 4. The molecule has 1 saturated carbocycles. The fourth-order valence-corrected chi connectivity index (χ4v) is 5.25. The molecule has 2 fully saturated rings. The Morgan fingerprint density at radius 3 is 2.70 bits per heavy atom. The van der Waals surface area contributed by atoms with Crippen molar-refractivity contribution in [1.29, 1.82) is 0 Å². The molecule has 5 rings (SSSR count). The van der Waals surface area contributed by atoms with E-state index in [0.717, 1.165) is 61.1 Å². The van der Waals surface area contributed by atoms with E-state index in [0.29, 0.717) is 6.04 Å². The summed E-state index contributed by atoms with van der Waals surface area (Å²) in [6.07, 6.45) is 7.10. The van der Waals surface area contributed by atoms with Gasteiger partial charge in [-0.2, -0.15) is 10.2 Å². The van der Waals surface area contributed by atoms with Crippen molar-refractivity contribution < 1.29 is 9.90 Å². The lowest BCUT2D eigenvalue weighted by atomic mass is 9.77. The Hall–Kier alpha value is -2.91. The lowest BCUT2D eigenvalue weighted by molar-refractivity contribution is -0.121. The molecule has 3 heterocycles. The van der Waals surface area contributed by atoms with Crippen LogP contribution < -0.4 is 10.6 Å². The van der Waals surface area contributed by atoms with Crippen LogP contribution in [0.15, 0.2) is 30.6 Å². The monoisotopic (exact) mass is 451 g/mol. The normalized spacial score (nSPS) is 24.1. The standard InChI is InChI=1S/C24H33N7O2/c1-16-4-5-21-20(10-16)23(28-30(21)3)25-12-22(32)27-18-14-31(15-18)19-6-8-24(33,9-7-19)17-11-26-29(2)13-17/h4-5,10-11,13,18-19,33H,6-9,12,14-15H2,1-3H3,(H,25,28)(H,27,32). The van der Waals surface area contributed by atoms with Crippen molar-refractivity contribution in [2.24, 2.45) is 14.1 Å². The van der Waals surface area contributed by atoms with E-state index in [2.05, 4.69) is 50.9 Å². The molecule has 1 aliphatic heterocycles. The van der Waals surface area contributed by atoms with Gasteiger partial charge in [0.25, 0.3) is 0 Å². The van der Waals surface area contributed by atoms with Gasteiger partial charge in [-0.15, -0.1) is 0 Å². The van der Waals surface area contributed by atoms with Crippen molar-refractivity contribution in [3.05, 3.63) is 41.7 Å². The Morgan fingerprint density at radius 2 is 2.00 bits per heavy atom. The van der Waals surface area contributed by atoms with Gasteiger partial charge in [-0.25, -0.2) is 0 Å². The van der Waals surface area contributed by atoms with Gasteiger partial charge in [0.2, 0.25) is 5.91 Å². The molecule has 33 heavy (non-hydrogen) atoms. The summed E-state index contributed by atoms with van der Waals surface area (Å²) >= 11 is 0. The van der Waals surface area contributed by atoms with Crippen LogP contribution >= 0.6 is 0 Å². The molecule has 0 radical (unpaired) electrons. The van der Waals surface area contributed by atoms with Crippen molar-refractivity contribution in [2.75, 3.05) is 25.0 Å². The Labute approximate surface area is 193 Å². The number of rotatable bonds is 6. The maximum Gasteiger partial charge on any atom is 0.239 e. The summed E-state index contributed by atoms with van der Waals surface area (Å²) in [4.78, 5) is 14.9. The van der Waals surface area contributed by atoms with E-state index in [-0.39, 0.29) is 18.5 Å². The zero-order chi connectivity index (χ0) is 23.2. The molecule has 2 aromatic heterocycles. The van der Waals surface area contributed by atoms with Gasteiger partial charge in [-0.05, 0) is 44.7 Å². The Bertz CT molecular complexity index is 1150. The largest absolute Gasteiger partial charge is 0.385 e. The SMILES string of the molecule is Cc1ccc2c(c1)c(NCC(=O)NC1CN(C3CCC(O)(c4cnn(C)c4)CC3)C1)nn2C. The van der Waals surface area contributed by atoms with Gasteiger partial charge in [0.1, 0.15) is 0 Å². The molecule has 0 atom stereocenters. The average Bonchev–Trinajstić information content (AvgIpc) is 3.33. The minimum atomic E-state index is -0.761. The number of amides is 1. The number of anilines is 1. The van der Waals surface area contributed by atoms with Gasteiger partial charge in [-0.3, -0.25) is 19.1 Å². The van der Waals surface area contributed by atoms with Crippen LogP contribution in [0.5, 0.6) is 0 Å². The molecule has 1 aliphatic carbocycles. The maximum absolute atomic E-state index is 12.5. The van der Waals surface area contributed by atoms with Crippen LogP contribution in [0.1, 0.15) is 36.8 Å². The summed E-state index contributed by atoms with van der Waals surface area (Å²) in [6.45, 7) is 4.00. The summed E-state index contributed by atoms with van der Waals surface area (Å²) in [5, 5.41) is 27.1. The molecule has 3 aromatic rings. The smallest absolute Gasteiger partial charge is 0.239 e. The Morgan fingerprint density at radius 1 is 1.24 bits per heavy atom. The Balaban J connectivity index is 1.07. The zero-order valence-electron chi connectivity index (χ0n) is 19.6. The van der Waals surface area contributed by atoms with Crippen molar-refractivity contribution in [3.63, 3.8) is 0 Å². The third-order valence-electron chi connectivity index (χ3n) is 7.24. The third kappa shape index (κ3) is 4.35. The molecular formula is C24H33N7O2. The van der Waals surface area contributed by atoms with Crippen LogP contribution in [0.3, 0.4) is 0 Å². The van der Waals surface area contributed by atoms with Gasteiger partial charge in [-0.1, -0.05) is 11.6 Å². The fraction of sp³-hybridized carbons (Fsp3) is 0.542. The first kappa shape index (κ1) is 21.9. The first-order chi connectivity index (χ1) is 15.8. The van der Waals surface area contributed by atoms with Gasteiger partial charge in [0.15, 0.2) is 5.82 Å². The molecule has 9 heteroatoms. The van der Waals surface area contributed by atoms with Crippen LogP contribution in [0.2, 0.25) is 0 Å². The highest BCUT2D eigenvalue weighted by Crippen LogP contribution is 2.39. The lowest BCUT2D eigenvalue weighted by Gasteiger charge is -2.48. The number of nitrogens with one attached hydrogen (secondary N) is 2. The van der Waals surface area contributed by atoms with Gasteiger partial charge >= 0.3 is 0 Å². The predicted octanol–water partition coefficient (Wildman–Crippen LogP) is 1.66. The number of nitrogens with zero attached hydrogens (tertiary/aromatic N) is 5. The first-order valence-electron chi connectivity index (χ1n) is 11.7. The molecular weight excluding hydrogens is 418 g/mol. The van der Waals surface area contributed by atoms with E-state index < -0.39 is 5.60 Å². The van der Waals surface area contributed by atoms with E-state index in [4.69, 9.17) is 0 Å². The number of likely N-dealkylation sites (tertiary alicyclic amines) is 1. The number of hydrogen-bond donors (Lipinski definition) is 3. The van der Waals surface area contributed by atoms with Crippen molar-refractivity contribution in [2.45, 2.75) is 50.3 Å². The second-order valence-electron chi connectivity index (χ2n) is 9.73. The molecule has 176 valence electrons. The number of aliphatic hydroxyl groups is 1. The molecule has 1 aromatic carbocycles. The second-order valence-corrected chi connectivity index (χ2v) is 9.73. The van der Waals surface area contributed by atoms with Gasteiger partial charge < -0.3 is 15.7 Å². The quantitative estimate of drug-likeness (QED) is 0.527. The summed E-state index contributed by atoms with van der Waals surface area (Å²) in [7, 11) is 3.79. The number of hydrogen-bond acceptors (Lipinski definition) is 6. The van der Waals surface area contributed by atoms with E-state index in [1.807, 2.05) is 25.0 Å². The number of aryl methyl sites for hydroxylation is 3. The first-order valence-corrected chi connectivity index (χ1v) is 11.7. The summed E-state index contributed by atoms with van der Waals surface area (Å²) < 4.78 is 3.58. The lowest BCUT2D eigenvalue weighted by Crippen LogP contribution is -2.63. The maximum atomic E-state index is 12.5. The minimum Gasteiger partial charge on any atom is -0.385 e. The predicted molar refractivity (Wildman–Crippen MR) is 127 cm³/mol. The molecule has 0 bridgehead atoms. The minimum absolute atomic E-state index is 0.0132. The fourth-order valence-electron chi connectivity index (χ4n) is 5.25. The number of benzene rings is 1. The van der Waals surface area contributed by atoms with Crippen molar-refractivity contribution >= 4 is 22.6 Å². The van der Waals surface area contributed by atoms with Crippen LogP contribution in [0, 0.1) is 6.92 Å². The Kier molecular flexibility index (Phi) is 5.62. The van der Waals surface area contributed by atoms with E-state index in [9.17, 15) is 9.90 Å². The highest BCUT2D eigenvalue weighted by atomic mass is 16.3. The highest BCUT2D eigenvalue weighted by molar-refractivity contribution is 5.92. The van der Waals surface area contributed by atoms with Crippen LogP contribution in [0.25, 0.3) is 10.9 Å². The van der Waals surface area contributed by atoms with Crippen LogP contribution in [-0.4, -0.2) is 67.2 Å². The highest BCUT2D eigenvalue weighted by Gasteiger charge is 2.40.